The van der Waals surface area contributed by atoms with Gasteiger partial charge in [0.15, 0.2) is 0 Å². The summed E-state index contributed by atoms with van der Waals surface area (Å²) in [4.78, 5) is 25.8. The molecular weight excluding hydrogens is 377 g/mol. The predicted octanol–water partition coefficient (Wildman–Crippen LogP) is 4.49. The first-order valence-electron chi connectivity index (χ1n) is 8.20. The van der Waals surface area contributed by atoms with Crippen molar-refractivity contribution in [2.45, 2.75) is 32.1 Å². The van der Waals surface area contributed by atoms with Gasteiger partial charge in [-0.2, -0.15) is 0 Å². The number of esters is 1. The molecule has 0 spiro atoms. The van der Waals surface area contributed by atoms with E-state index in [1.807, 2.05) is 0 Å². The number of halogens is 2. The number of hydrogen-bond acceptors (Lipinski definition) is 4. The van der Waals surface area contributed by atoms with Crippen molar-refractivity contribution < 1.29 is 18.7 Å². The van der Waals surface area contributed by atoms with Crippen molar-refractivity contribution in [1.82, 2.24) is 0 Å². The van der Waals surface area contributed by atoms with Crippen LogP contribution in [0.1, 0.15) is 37.7 Å². The summed E-state index contributed by atoms with van der Waals surface area (Å²) in [6, 6.07) is 2.51. The van der Waals surface area contributed by atoms with Gasteiger partial charge >= 0.3 is 5.97 Å². The van der Waals surface area contributed by atoms with E-state index in [-0.39, 0.29) is 27.9 Å². The summed E-state index contributed by atoms with van der Waals surface area (Å²) in [6.07, 6.45) is 3.20. The number of thiocarbonyl (C=S) groups is 1. The SMILES string of the molecule is C=C1C2=C(CCCC2)C(=O)N1c1cc(C(=S)CC(=O)OC)c(Cl)cc1F. The molecule has 0 N–H and O–H groups in total. The van der Waals surface area contributed by atoms with E-state index >= 15 is 0 Å². The molecule has 1 heterocycles. The number of hydrogen-bond donors (Lipinski definition) is 0. The molecule has 3 rings (SSSR count). The number of benzene rings is 1. The molecule has 26 heavy (non-hydrogen) atoms. The van der Waals surface area contributed by atoms with Gasteiger partial charge in [0.25, 0.3) is 5.91 Å². The number of carbonyl (C=O) groups excluding carboxylic acids is 2. The van der Waals surface area contributed by atoms with Crippen molar-refractivity contribution in [2.24, 2.45) is 0 Å². The highest BCUT2D eigenvalue weighted by Crippen LogP contribution is 2.42. The van der Waals surface area contributed by atoms with Crippen molar-refractivity contribution in [3.05, 3.63) is 52.0 Å². The molecule has 1 aliphatic carbocycles. The number of nitrogens with zero attached hydrogens (tertiary/aromatic N) is 1. The topological polar surface area (TPSA) is 46.6 Å². The van der Waals surface area contributed by atoms with Crippen molar-refractivity contribution in [3.63, 3.8) is 0 Å². The molecule has 2 aliphatic rings. The maximum absolute atomic E-state index is 14.6. The van der Waals surface area contributed by atoms with Crippen molar-refractivity contribution in [2.75, 3.05) is 12.0 Å². The Morgan fingerprint density at radius 2 is 2.00 bits per heavy atom. The largest absolute Gasteiger partial charge is 0.469 e. The molecule has 1 aliphatic heterocycles. The summed E-state index contributed by atoms with van der Waals surface area (Å²) < 4.78 is 19.2. The quantitative estimate of drug-likeness (QED) is 0.429. The Bertz CT molecular complexity index is 850. The molecular formula is C19H17ClFNO3S. The first kappa shape index (κ1) is 18.7. The van der Waals surface area contributed by atoms with Crippen LogP contribution in [0.5, 0.6) is 0 Å². The van der Waals surface area contributed by atoms with Crippen LogP contribution < -0.4 is 4.90 Å². The molecule has 0 unspecified atom stereocenters. The summed E-state index contributed by atoms with van der Waals surface area (Å²) in [5, 5.41) is 0.0788. The highest BCUT2D eigenvalue weighted by Gasteiger charge is 2.37. The van der Waals surface area contributed by atoms with Crippen molar-refractivity contribution in [3.8, 4) is 0 Å². The third-order valence-corrected chi connectivity index (χ3v) is 5.33. The Kier molecular flexibility index (Phi) is 5.25. The lowest BCUT2D eigenvalue weighted by Crippen LogP contribution is -2.26. The molecule has 0 fully saturated rings. The molecule has 0 aromatic heterocycles. The number of allylic oxidation sites excluding steroid dienone is 1. The Balaban J connectivity index is 2.00. The Hall–Kier alpha value is -2.05. The molecule has 4 nitrogen and oxygen atoms in total. The van der Waals surface area contributed by atoms with Gasteiger partial charge in [0.2, 0.25) is 0 Å². The van der Waals surface area contributed by atoms with E-state index in [0.29, 0.717) is 23.3 Å². The molecule has 0 saturated carbocycles. The second-order valence-electron chi connectivity index (χ2n) is 6.21. The molecule has 1 amide bonds. The maximum atomic E-state index is 14.6. The highest BCUT2D eigenvalue weighted by atomic mass is 35.5. The number of carbonyl (C=O) groups is 2. The lowest BCUT2D eigenvalue weighted by molar-refractivity contribution is -0.139. The van der Waals surface area contributed by atoms with Gasteiger partial charge in [0, 0.05) is 21.7 Å². The fraction of sp³-hybridized carbons (Fsp3) is 0.316. The highest BCUT2D eigenvalue weighted by molar-refractivity contribution is 7.81. The van der Waals surface area contributed by atoms with Crippen LogP contribution in [0.15, 0.2) is 35.6 Å². The van der Waals surface area contributed by atoms with Crippen molar-refractivity contribution >= 4 is 46.2 Å². The van der Waals surface area contributed by atoms with Gasteiger partial charge in [-0.25, -0.2) is 4.39 Å². The first-order valence-corrected chi connectivity index (χ1v) is 8.98. The monoisotopic (exact) mass is 393 g/mol. The van der Waals surface area contributed by atoms with Gasteiger partial charge in [-0.1, -0.05) is 30.4 Å². The van der Waals surface area contributed by atoms with Crippen LogP contribution in [0.3, 0.4) is 0 Å². The molecule has 1 aromatic rings. The van der Waals surface area contributed by atoms with E-state index in [2.05, 4.69) is 11.3 Å². The number of methoxy groups -OCH3 is 1. The minimum atomic E-state index is -0.644. The van der Waals surface area contributed by atoms with E-state index in [1.54, 1.807) is 0 Å². The Labute approximate surface area is 161 Å². The van der Waals surface area contributed by atoms with E-state index < -0.39 is 11.8 Å². The second kappa shape index (κ2) is 7.29. The smallest absolute Gasteiger partial charge is 0.310 e. The van der Waals surface area contributed by atoms with Gasteiger partial charge in [-0.15, -0.1) is 0 Å². The van der Waals surface area contributed by atoms with Gasteiger partial charge in [0.05, 0.1) is 24.2 Å². The van der Waals surface area contributed by atoms with Crippen LogP contribution in [-0.2, 0) is 14.3 Å². The summed E-state index contributed by atoms with van der Waals surface area (Å²) >= 11 is 11.4. The molecule has 0 radical (unpaired) electrons. The minimum Gasteiger partial charge on any atom is -0.469 e. The predicted molar refractivity (Wildman–Crippen MR) is 102 cm³/mol. The summed E-state index contributed by atoms with van der Waals surface area (Å²) in [6.45, 7) is 3.99. The zero-order chi connectivity index (χ0) is 19.0. The summed E-state index contributed by atoms with van der Waals surface area (Å²) in [5.74, 6) is -1.42. The summed E-state index contributed by atoms with van der Waals surface area (Å²) in [7, 11) is 1.26. The van der Waals surface area contributed by atoms with Crippen LogP contribution >= 0.6 is 23.8 Å². The third-order valence-electron chi connectivity index (χ3n) is 4.66. The normalized spacial score (nSPS) is 16.8. The number of rotatable bonds is 4. The molecule has 0 bridgehead atoms. The Morgan fingerprint density at radius 1 is 1.35 bits per heavy atom. The molecule has 7 heteroatoms. The van der Waals surface area contributed by atoms with Gasteiger partial charge < -0.3 is 4.74 Å². The summed E-state index contributed by atoms with van der Waals surface area (Å²) in [5.41, 5.74) is 2.47. The zero-order valence-corrected chi connectivity index (χ0v) is 15.8. The molecule has 136 valence electrons. The molecule has 1 aromatic carbocycles. The fourth-order valence-electron chi connectivity index (χ4n) is 3.33. The van der Waals surface area contributed by atoms with Crippen LogP contribution in [-0.4, -0.2) is 23.9 Å². The van der Waals surface area contributed by atoms with E-state index in [0.717, 1.165) is 30.9 Å². The lowest BCUT2D eigenvalue weighted by Gasteiger charge is -2.21. The van der Waals surface area contributed by atoms with E-state index in [4.69, 9.17) is 23.8 Å². The minimum absolute atomic E-state index is 0.0426. The Morgan fingerprint density at radius 3 is 2.62 bits per heavy atom. The number of anilines is 1. The number of ether oxygens (including phenoxy) is 1. The molecule has 0 saturated heterocycles. The third kappa shape index (κ3) is 3.19. The van der Waals surface area contributed by atoms with Crippen LogP contribution in [0.25, 0.3) is 0 Å². The lowest BCUT2D eigenvalue weighted by atomic mass is 9.93. The molecule has 0 atom stereocenters. The average molecular weight is 394 g/mol. The fourth-order valence-corrected chi connectivity index (χ4v) is 3.94. The van der Waals surface area contributed by atoms with E-state index in [9.17, 15) is 14.0 Å². The standard InChI is InChI=1S/C19H17ClFNO3S/c1-10-11-5-3-4-6-12(11)19(24)22(10)16-7-13(14(20)8-15(16)21)17(26)9-18(23)25-2/h7-8H,1,3-6,9H2,2H3. The van der Waals surface area contributed by atoms with Gasteiger partial charge in [-0.05, 0) is 43.4 Å². The van der Waals surface area contributed by atoms with Crippen LogP contribution in [0.2, 0.25) is 5.02 Å². The van der Waals surface area contributed by atoms with Gasteiger partial charge in [-0.3, -0.25) is 14.5 Å². The number of amides is 1. The average Bonchev–Trinajstić information content (AvgIpc) is 2.86. The van der Waals surface area contributed by atoms with Gasteiger partial charge in [0.1, 0.15) is 5.82 Å². The first-order chi connectivity index (χ1) is 12.3. The van der Waals surface area contributed by atoms with E-state index in [1.165, 1.54) is 18.1 Å². The van der Waals surface area contributed by atoms with Crippen LogP contribution in [0, 0.1) is 5.82 Å². The van der Waals surface area contributed by atoms with Crippen LogP contribution in [0.4, 0.5) is 10.1 Å². The zero-order valence-electron chi connectivity index (χ0n) is 14.2. The van der Waals surface area contributed by atoms with Crippen molar-refractivity contribution in [1.29, 1.82) is 0 Å². The second-order valence-corrected chi connectivity index (χ2v) is 7.11. The maximum Gasteiger partial charge on any atom is 0.310 e.